The number of aromatic amines is 1. The molecule has 0 saturated heterocycles. The van der Waals surface area contributed by atoms with Crippen molar-refractivity contribution < 1.29 is 9.59 Å². The fraction of sp³-hybridized carbons (Fsp3) is 0.421. The van der Waals surface area contributed by atoms with Crippen molar-refractivity contribution in [2.45, 2.75) is 40.5 Å². The van der Waals surface area contributed by atoms with Gasteiger partial charge >= 0.3 is 0 Å². The predicted octanol–water partition coefficient (Wildman–Crippen LogP) is 3.85. The lowest BCUT2D eigenvalue weighted by molar-refractivity contribution is -0.116. The van der Waals surface area contributed by atoms with Gasteiger partial charge in [0.15, 0.2) is 5.69 Å². The molecular weight excluding hydrogens is 316 g/mol. The van der Waals surface area contributed by atoms with Gasteiger partial charge in [-0.1, -0.05) is 27.7 Å². The fourth-order valence-electron chi connectivity index (χ4n) is 2.44. The minimum atomic E-state index is -0.261. The van der Waals surface area contributed by atoms with Crippen LogP contribution in [0.5, 0.6) is 0 Å². The second-order valence-corrected chi connectivity index (χ2v) is 7.05. The van der Waals surface area contributed by atoms with E-state index in [-0.39, 0.29) is 11.8 Å². The van der Waals surface area contributed by atoms with Crippen molar-refractivity contribution in [3.63, 3.8) is 0 Å². The maximum Gasteiger partial charge on any atom is 0.276 e. The smallest absolute Gasteiger partial charge is 0.276 e. The van der Waals surface area contributed by atoms with Crippen molar-refractivity contribution in [1.29, 1.82) is 0 Å². The molecule has 6 heteroatoms. The van der Waals surface area contributed by atoms with Gasteiger partial charge in [-0.25, -0.2) is 0 Å². The molecule has 1 heterocycles. The van der Waals surface area contributed by atoms with Gasteiger partial charge < -0.3 is 10.6 Å². The second kappa shape index (κ2) is 8.46. The Bertz CT molecular complexity index is 717. The van der Waals surface area contributed by atoms with Gasteiger partial charge in [-0.15, -0.1) is 0 Å². The molecule has 0 bridgehead atoms. The molecule has 0 atom stereocenters. The molecule has 0 saturated carbocycles. The molecule has 2 rings (SSSR count). The van der Waals surface area contributed by atoms with Crippen LogP contribution in [0, 0.1) is 11.8 Å². The van der Waals surface area contributed by atoms with Crippen LogP contribution in [-0.2, 0) is 11.2 Å². The van der Waals surface area contributed by atoms with Crippen molar-refractivity contribution >= 4 is 23.2 Å². The number of anilines is 2. The van der Waals surface area contributed by atoms with E-state index >= 15 is 0 Å². The Morgan fingerprint density at radius 2 is 1.60 bits per heavy atom. The van der Waals surface area contributed by atoms with Gasteiger partial charge in [-0.3, -0.25) is 14.7 Å². The van der Waals surface area contributed by atoms with E-state index in [1.165, 1.54) is 0 Å². The van der Waals surface area contributed by atoms with Crippen molar-refractivity contribution in [1.82, 2.24) is 10.2 Å². The minimum absolute atomic E-state index is 0.0130. The van der Waals surface area contributed by atoms with Gasteiger partial charge in [0.25, 0.3) is 5.91 Å². The van der Waals surface area contributed by atoms with Crippen LogP contribution >= 0.6 is 0 Å². The maximum atomic E-state index is 12.2. The third-order valence-corrected chi connectivity index (χ3v) is 3.51. The van der Waals surface area contributed by atoms with Crippen LogP contribution in [-0.4, -0.2) is 22.0 Å². The van der Waals surface area contributed by atoms with E-state index in [1.807, 2.05) is 13.8 Å². The first-order valence-electron chi connectivity index (χ1n) is 8.59. The molecule has 6 nitrogen and oxygen atoms in total. The molecule has 0 aliphatic heterocycles. The first kappa shape index (κ1) is 18.7. The molecule has 0 unspecified atom stereocenters. The van der Waals surface area contributed by atoms with Gasteiger partial charge in [0, 0.05) is 23.5 Å². The van der Waals surface area contributed by atoms with E-state index in [0.29, 0.717) is 35.3 Å². The third kappa shape index (κ3) is 6.06. The summed E-state index contributed by atoms with van der Waals surface area (Å²) in [6.07, 6.45) is 1.33. The molecule has 0 spiro atoms. The quantitative estimate of drug-likeness (QED) is 0.714. The van der Waals surface area contributed by atoms with Gasteiger partial charge in [0.1, 0.15) is 0 Å². The number of benzene rings is 1. The average molecular weight is 342 g/mol. The van der Waals surface area contributed by atoms with Gasteiger partial charge in [0.05, 0.1) is 0 Å². The van der Waals surface area contributed by atoms with Crippen LogP contribution in [0.2, 0.25) is 0 Å². The van der Waals surface area contributed by atoms with E-state index in [0.717, 1.165) is 12.1 Å². The van der Waals surface area contributed by atoms with Gasteiger partial charge in [-0.2, -0.15) is 5.10 Å². The zero-order chi connectivity index (χ0) is 18.4. The van der Waals surface area contributed by atoms with Crippen molar-refractivity contribution in [3.8, 4) is 0 Å². The van der Waals surface area contributed by atoms with Gasteiger partial charge in [-0.05, 0) is 48.6 Å². The normalized spacial score (nSPS) is 11.0. The number of amides is 2. The summed E-state index contributed by atoms with van der Waals surface area (Å²) in [5, 5.41) is 12.6. The Morgan fingerprint density at radius 3 is 2.16 bits per heavy atom. The maximum absolute atomic E-state index is 12.2. The van der Waals surface area contributed by atoms with Crippen molar-refractivity contribution in [2.75, 3.05) is 10.6 Å². The lowest BCUT2D eigenvalue weighted by Gasteiger charge is -2.08. The summed E-state index contributed by atoms with van der Waals surface area (Å²) in [6, 6.07) is 8.82. The topological polar surface area (TPSA) is 86.9 Å². The van der Waals surface area contributed by atoms with Crippen molar-refractivity contribution in [3.05, 3.63) is 41.7 Å². The number of aromatic nitrogens is 2. The van der Waals surface area contributed by atoms with Crippen LogP contribution in [0.1, 0.15) is 50.3 Å². The number of H-pyrrole nitrogens is 1. The van der Waals surface area contributed by atoms with E-state index in [2.05, 4.69) is 34.7 Å². The summed E-state index contributed by atoms with van der Waals surface area (Å²) < 4.78 is 0. The summed E-state index contributed by atoms with van der Waals surface area (Å²) in [6.45, 7) is 8.23. The lowest BCUT2D eigenvalue weighted by atomic mass is 10.1. The number of hydrogen-bond donors (Lipinski definition) is 3. The number of hydrogen-bond acceptors (Lipinski definition) is 3. The standard InChI is InChI=1S/C19H26N4O2/c1-12(2)9-16-11-17(23-22-16)19(25)21-15-7-5-14(6-8-15)20-18(24)10-13(3)4/h5-8,11-13H,9-10H2,1-4H3,(H,20,24)(H,21,25)(H,22,23). The predicted molar refractivity (Wildman–Crippen MR) is 99.6 cm³/mol. The number of rotatable bonds is 7. The molecule has 0 aliphatic rings. The molecule has 2 amide bonds. The zero-order valence-electron chi connectivity index (χ0n) is 15.2. The molecule has 1 aromatic carbocycles. The summed E-state index contributed by atoms with van der Waals surface area (Å²) in [5.74, 6) is 0.534. The van der Waals surface area contributed by atoms with E-state index in [4.69, 9.17) is 0 Å². The van der Waals surface area contributed by atoms with Crippen LogP contribution in [0.4, 0.5) is 11.4 Å². The molecule has 25 heavy (non-hydrogen) atoms. The Labute approximate surface area is 148 Å². The largest absolute Gasteiger partial charge is 0.326 e. The van der Waals surface area contributed by atoms with Gasteiger partial charge in [0.2, 0.25) is 5.91 Å². The molecule has 3 N–H and O–H groups in total. The highest BCUT2D eigenvalue weighted by Gasteiger charge is 2.12. The van der Waals surface area contributed by atoms with E-state index in [1.54, 1.807) is 30.3 Å². The molecule has 0 fully saturated rings. The average Bonchev–Trinajstić information content (AvgIpc) is 2.96. The Hall–Kier alpha value is -2.63. The molecule has 0 radical (unpaired) electrons. The molecular formula is C19H26N4O2. The second-order valence-electron chi connectivity index (χ2n) is 7.05. The summed E-state index contributed by atoms with van der Waals surface area (Å²) >= 11 is 0. The van der Waals surface area contributed by atoms with E-state index in [9.17, 15) is 9.59 Å². The van der Waals surface area contributed by atoms with E-state index < -0.39 is 0 Å². The molecule has 134 valence electrons. The highest BCUT2D eigenvalue weighted by atomic mass is 16.2. The monoisotopic (exact) mass is 342 g/mol. The highest BCUT2D eigenvalue weighted by molar-refractivity contribution is 6.03. The Kier molecular flexibility index (Phi) is 6.33. The first-order valence-corrected chi connectivity index (χ1v) is 8.59. The summed E-state index contributed by atoms with van der Waals surface area (Å²) in [4.78, 5) is 24.0. The number of carbonyl (C=O) groups excluding carboxylic acids is 2. The Morgan fingerprint density at radius 1 is 1.00 bits per heavy atom. The first-order chi connectivity index (χ1) is 11.8. The van der Waals surface area contributed by atoms with Crippen LogP contribution < -0.4 is 10.6 Å². The molecule has 1 aromatic heterocycles. The third-order valence-electron chi connectivity index (χ3n) is 3.51. The van der Waals surface area contributed by atoms with Crippen molar-refractivity contribution in [2.24, 2.45) is 11.8 Å². The van der Waals surface area contributed by atoms with Crippen LogP contribution in [0.15, 0.2) is 30.3 Å². The summed E-state index contributed by atoms with van der Waals surface area (Å²) in [7, 11) is 0. The number of nitrogens with one attached hydrogen (secondary N) is 3. The lowest BCUT2D eigenvalue weighted by Crippen LogP contribution is -2.14. The fourth-order valence-corrected chi connectivity index (χ4v) is 2.44. The van der Waals surface area contributed by atoms with Crippen LogP contribution in [0.3, 0.4) is 0 Å². The van der Waals surface area contributed by atoms with Crippen LogP contribution in [0.25, 0.3) is 0 Å². The number of nitrogens with zero attached hydrogens (tertiary/aromatic N) is 1. The summed E-state index contributed by atoms with van der Waals surface area (Å²) in [5.41, 5.74) is 2.68. The molecule has 0 aliphatic carbocycles. The zero-order valence-corrected chi connectivity index (χ0v) is 15.2. The highest BCUT2D eigenvalue weighted by Crippen LogP contribution is 2.16. The number of carbonyl (C=O) groups is 2. The minimum Gasteiger partial charge on any atom is -0.326 e. The Balaban J connectivity index is 1.93. The SMILES string of the molecule is CC(C)CC(=O)Nc1ccc(NC(=O)c2cc(CC(C)C)[nH]n2)cc1. The molecule has 2 aromatic rings.